The molecule has 0 aliphatic carbocycles. The van der Waals surface area contributed by atoms with Gasteiger partial charge < -0.3 is 14.8 Å². The van der Waals surface area contributed by atoms with E-state index >= 15 is 0 Å². The molecule has 0 aromatic rings. The topological polar surface area (TPSA) is 64.6 Å². The van der Waals surface area contributed by atoms with E-state index in [1.54, 1.807) is 18.7 Å². The van der Waals surface area contributed by atoms with E-state index in [0.717, 1.165) is 5.75 Å². The van der Waals surface area contributed by atoms with E-state index < -0.39 is 22.7 Å². The molecular weight excluding hydrogens is 337 g/mol. The maximum atomic E-state index is 11.4. The van der Waals surface area contributed by atoms with Crippen LogP contribution in [0, 0.1) is 5.92 Å². The Balaban J connectivity index is 2.39. The molecule has 0 bridgehead atoms. The van der Waals surface area contributed by atoms with Crippen LogP contribution < -0.4 is 5.32 Å². The summed E-state index contributed by atoms with van der Waals surface area (Å²) in [6, 6.07) is 0. The zero-order chi connectivity index (χ0) is 14.6. The summed E-state index contributed by atoms with van der Waals surface area (Å²) in [6.45, 7) is 3.20. The summed E-state index contributed by atoms with van der Waals surface area (Å²) in [5.74, 6) is 0.323. The van der Waals surface area contributed by atoms with Gasteiger partial charge in [0.2, 0.25) is 9.70 Å². The molecule has 110 valence electrons. The van der Waals surface area contributed by atoms with Crippen molar-refractivity contribution < 1.29 is 19.1 Å². The Kier molecular flexibility index (Phi) is 6.36. The van der Waals surface area contributed by atoms with Crippen LogP contribution in [0.5, 0.6) is 0 Å². The highest BCUT2D eigenvalue weighted by molar-refractivity contribution is 8.00. The highest BCUT2D eigenvalue weighted by Crippen LogP contribution is 2.30. The van der Waals surface area contributed by atoms with Crippen LogP contribution in [-0.2, 0) is 14.3 Å². The standard InChI is InChI=1S/C10H14Cl3NO4S/c1-3-19-8-6(7(15)14-8)5(2)18-9(16)17-4-10(11,12)13/h5-6,8H,3-4H2,1-2H3,(H,14,15). The molecule has 0 saturated carbocycles. The number of alkyl halides is 3. The van der Waals surface area contributed by atoms with E-state index in [1.807, 2.05) is 6.92 Å². The van der Waals surface area contributed by atoms with Gasteiger partial charge in [-0.15, -0.1) is 11.8 Å². The van der Waals surface area contributed by atoms with Gasteiger partial charge in [-0.1, -0.05) is 41.7 Å². The summed E-state index contributed by atoms with van der Waals surface area (Å²) in [5, 5.41) is 2.69. The van der Waals surface area contributed by atoms with Gasteiger partial charge >= 0.3 is 6.16 Å². The number of carbonyl (C=O) groups is 2. The minimum atomic E-state index is -1.68. The Morgan fingerprint density at radius 3 is 2.63 bits per heavy atom. The Morgan fingerprint density at radius 2 is 2.16 bits per heavy atom. The van der Waals surface area contributed by atoms with E-state index in [2.05, 4.69) is 10.1 Å². The minimum Gasteiger partial charge on any atom is -0.430 e. The maximum absolute atomic E-state index is 11.4. The molecule has 0 aromatic heterocycles. The molecule has 3 unspecified atom stereocenters. The molecule has 19 heavy (non-hydrogen) atoms. The fourth-order valence-electron chi connectivity index (χ4n) is 1.55. The first-order valence-corrected chi connectivity index (χ1v) is 7.75. The second-order valence-electron chi connectivity index (χ2n) is 3.89. The second-order valence-corrected chi connectivity index (χ2v) is 7.82. The summed E-state index contributed by atoms with van der Waals surface area (Å²) >= 11 is 17.9. The van der Waals surface area contributed by atoms with E-state index in [-0.39, 0.29) is 17.2 Å². The molecule has 3 atom stereocenters. The van der Waals surface area contributed by atoms with Crippen LogP contribution in [0.4, 0.5) is 4.79 Å². The molecule has 1 aliphatic heterocycles. The van der Waals surface area contributed by atoms with Gasteiger partial charge in [-0.2, -0.15) is 0 Å². The van der Waals surface area contributed by atoms with Gasteiger partial charge in [-0.25, -0.2) is 4.79 Å². The number of β-lactam (4-membered cyclic amide) rings is 1. The van der Waals surface area contributed by atoms with Gasteiger partial charge in [0.15, 0.2) is 0 Å². The van der Waals surface area contributed by atoms with Crippen LogP contribution in [-0.4, -0.2) is 39.7 Å². The van der Waals surface area contributed by atoms with Crippen LogP contribution in [0.15, 0.2) is 0 Å². The summed E-state index contributed by atoms with van der Waals surface area (Å²) in [7, 11) is 0. The van der Waals surface area contributed by atoms with Gasteiger partial charge in [0.1, 0.15) is 18.6 Å². The van der Waals surface area contributed by atoms with E-state index in [1.165, 1.54) is 0 Å². The number of nitrogens with one attached hydrogen (secondary N) is 1. The Labute approximate surface area is 130 Å². The van der Waals surface area contributed by atoms with Gasteiger partial charge in [-0.3, -0.25) is 4.79 Å². The summed E-state index contributed by atoms with van der Waals surface area (Å²) < 4.78 is 7.93. The summed E-state index contributed by atoms with van der Waals surface area (Å²) in [5.41, 5.74) is 0. The van der Waals surface area contributed by atoms with Crippen LogP contribution in [0.25, 0.3) is 0 Å². The normalized spacial score (nSPS) is 24.2. The number of rotatable bonds is 5. The highest BCUT2D eigenvalue weighted by atomic mass is 35.6. The molecule has 1 heterocycles. The number of carbonyl (C=O) groups excluding carboxylic acids is 2. The lowest BCUT2D eigenvalue weighted by Crippen LogP contribution is -2.60. The van der Waals surface area contributed by atoms with Crippen molar-refractivity contribution >= 4 is 58.6 Å². The maximum Gasteiger partial charge on any atom is 0.508 e. The predicted octanol–water partition coefficient (Wildman–Crippen LogP) is 2.72. The number of thioether (sulfide) groups is 1. The molecule has 1 rings (SSSR count). The van der Waals surface area contributed by atoms with E-state index in [4.69, 9.17) is 39.5 Å². The first kappa shape index (κ1) is 17.0. The first-order valence-electron chi connectivity index (χ1n) is 5.56. The number of hydrogen-bond acceptors (Lipinski definition) is 5. The van der Waals surface area contributed by atoms with E-state index in [9.17, 15) is 9.59 Å². The number of amides is 1. The van der Waals surface area contributed by atoms with Crippen LogP contribution in [0.2, 0.25) is 0 Å². The van der Waals surface area contributed by atoms with Gasteiger partial charge in [0.05, 0.1) is 5.37 Å². The summed E-state index contributed by atoms with van der Waals surface area (Å²) in [6.07, 6.45) is -1.56. The number of ether oxygens (including phenoxy) is 2. The zero-order valence-corrected chi connectivity index (χ0v) is 13.4. The van der Waals surface area contributed by atoms with Crippen molar-refractivity contribution in [2.45, 2.75) is 29.1 Å². The Bertz CT molecular complexity index is 350. The van der Waals surface area contributed by atoms with Gasteiger partial charge in [0.25, 0.3) is 0 Å². The average Bonchev–Trinajstić information content (AvgIpc) is 2.24. The molecule has 0 radical (unpaired) electrons. The average molecular weight is 351 g/mol. The minimum absolute atomic E-state index is 0.0477. The third kappa shape index (κ3) is 5.45. The van der Waals surface area contributed by atoms with Crippen molar-refractivity contribution in [2.24, 2.45) is 5.92 Å². The molecule has 1 saturated heterocycles. The zero-order valence-electron chi connectivity index (χ0n) is 10.3. The first-order chi connectivity index (χ1) is 8.74. The molecule has 1 amide bonds. The van der Waals surface area contributed by atoms with Crippen molar-refractivity contribution in [3.8, 4) is 0 Å². The van der Waals surface area contributed by atoms with Crippen molar-refractivity contribution in [3.63, 3.8) is 0 Å². The fourth-order valence-corrected chi connectivity index (χ4v) is 2.83. The molecule has 1 fully saturated rings. The number of halogens is 3. The lowest BCUT2D eigenvalue weighted by Gasteiger charge is -2.38. The quantitative estimate of drug-likeness (QED) is 0.469. The van der Waals surface area contributed by atoms with Crippen molar-refractivity contribution in [1.29, 1.82) is 0 Å². The van der Waals surface area contributed by atoms with Gasteiger partial charge in [0, 0.05) is 0 Å². The van der Waals surface area contributed by atoms with Crippen LogP contribution in [0.1, 0.15) is 13.8 Å². The third-order valence-corrected chi connectivity index (χ3v) is 3.83. The lowest BCUT2D eigenvalue weighted by molar-refractivity contribution is -0.137. The Hall–Kier alpha value is -0.0400. The highest BCUT2D eigenvalue weighted by Gasteiger charge is 2.44. The number of hydrogen-bond donors (Lipinski definition) is 1. The van der Waals surface area contributed by atoms with Gasteiger partial charge in [-0.05, 0) is 12.7 Å². The third-order valence-electron chi connectivity index (χ3n) is 2.40. The van der Waals surface area contributed by atoms with Crippen molar-refractivity contribution in [3.05, 3.63) is 0 Å². The van der Waals surface area contributed by atoms with Crippen molar-refractivity contribution in [1.82, 2.24) is 5.32 Å². The smallest absolute Gasteiger partial charge is 0.430 e. The largest absolute Gasteiger partial charge is 0.508 e. The molecular formula is C10H14Cl3NO4S. The molecule has 0 spiro atoms. The SMILES string of the molecule is CCSC1NC(=O)C1C(C)OC(=O)OCC(Cl)(Cl)Cl. The molecule has 9 heteroatoms. The molecule has 1 N–H and O–H groups in total. The van der Waals surface area contributed by atoms with E-state index in [0.29, 0.717) is 0 Å². The molecule has 0 aromatic carbocycles. The second kappa shape index (κ2) is 7.11. The van der Waals surface area contributed by atoms with Crippen molar-refractivity contribution in [2.75, 3.05) is 12.4 Å². The fraction of sp³-hybridized carbons (Fsp3) is 0.800. The lowest BCUT2D eigenvalue weighted by atomic mass is 9.96. The molecule has 1 aliphatic rings. The predicted molar refractivity (Wildman–Crippen MR) is 75.7 cm³/mol. The van der Waals surface area contributed by atoms with Crippen LogP contribution in [0.3, 0.4) is 0 Å². The summed E-state index contributed by atoms with van der Waals surface area (Å²) in [4.78, 5) is 22.8. The monoisotopic (exact) mass is 349 g/mol. The Morgan fingerprint density at radius 1 is 1.53 bits per heavy atom. The van der Waals surface area contributed by atoms with Crippen LogP contribution >= 0.6 is 46.6 Å². The molecule has 5 nitrogen and oxygen atoms in total.